The van der Waals surface area contributed by atoms with Crippen molar-refractivity contribution in [3.8, 4) is 0 Å². The minimum Gasteiger partial charge on any atom is -0.394 e. The maximum absolute atomic E-state index is 12.3. The van der Waals surface area contributed by atoms with Gasteiger partial charge in [-0.15, -0.1) is 0 Å². The first-order chi connectivity index (χ1) is 27.4. The number of carbonyl (C=O) groups excluding carboxylic acids is 1. The summed E-state index contributed by atoms with van der Waals surface area (Å²) >= 11 is 0. The van der Waals surface area contributed by atoms with Crippen molar-refractivity contribution in [2.45, 2.75) is 167 Å². The van der Waals surface area contributed by atoms with Crippen molar-refractivity contribution in [3.63, 3.8) is 0 Å². The Balaban J connectivity index is 1.38. The number of nitrogens with one attached hydrogen (secondary N) is 1. The van der Waals surface area contributed by atoms with Crippen molar-refractivity contribution in [2.24, 2.45) is 0 Å². The van der Waals surface area contributed by atoms with E-state index < -0.39 is 186 Å². The minimum atomic E-state index is -2.13. The molecule has 5 aliphatic rings. The maximum Gasteiger partial charge on any atom is 0.217 e. The lowest BCUT2D eigenvalue weighted by Gasteiger charge is -2.50. The zero-order chi connectivity index (χ0) is 42.9. The van der Waals surface area contributed by atoms with Gasteiger partial charge in [-0.1, -0.05) is 0 Å². The van der Waals surface area contributed by atoms with E-state index in [9.17, 15) is 81.4 Å². The van der Waals surface area contributed by atoms with Gasteiger partial charge >= 0.3 is 0 Å². The molecule has 26 heteroatoms. The molecule has 0 saturated carbocycles. The molecule has 25 unspecified atom stereocenters. The number of amides is 1. The van der Waals surface area contributed by atoms with Gasteiger partial charge in [-0.2, -0.15) is 0 Å². The van der Waals surface area contributed by atoms with Crippen LogP contribution in [0.2, 0.25) is 0 Å². The van der Waals surface area contributed by atoms with Crippen LogP contribution >= 0.6 is 0 Å². The molecule has 0 spiro atoms. The standard InChI is InChI=1S/C32H55NO25/c1-7-14(39)18(43)20(45)30(50-7)58-27-22(47)28(49)51-12(6-37)25(27)56-32-23(48)26(16(41)10(4-35)53-32)57-29-13(33-8(2)38)17(42)24(11(5-36)54-29)55-31-21(46)19(44)15(40)9(3-34)52-31/h7,9-32,34-37,39-49H,3-6H2,1-2H3,(H,33,38). The normalized spacial score (nSPS) is 51.6. The number of ether oxygens (including phenoxy) is 9. The van der Waals surface area contributed by atoms with E-state index in [1.165, 1.54) is 6.92 Å². The zero-order valence-corrected chi connectivity index (χ0v) is 31.1. The highest BCUT2D eigenvalue weighted by atomic mass is 16.8. The Morgan fingerprint density at radius 3 is 1.47 bits per heavy atom. The van der Waals surface area contributed by atoms with Crippen molar-refractivity contribution in [1.29, 1.82) is 0 Å². The molecule has 26 nitrogen and oxygen atoms in total. The van der Waals surface area contributed by atoms with Gasteiger partial charge in [0.25, 0.3) is 0 Å². The average molecular weight is 854 g/mol. The third-order valence-corrected chi connectivity index (χ3v) is 10.7. The van der Waals surface area contributed by atoms with E-state index in [0.717, 1.165) is 6.92 Å². The molecule has 0 radical (unpaired) electrons. The van der Waals surface area contributed by atoms with Crippen molar-refractivity contribution < 1.29 is 124 Å². The third-order valence-electron chi connectivity index (χ3n) is 10.7. The lowest BCUT2D eigenvalue weighted by atomic mass is 9.94. The summed E-state index contributed by atoms with van der Waals surface area (Å²) in [6.45, 7) is -1.30. The molecule has 5 aliphatic heterocycles. The van der Waals surface area contributed by atoms with Crippen LogP contribution in [0.15, 0.2) is 0 Å². The summed E-state index contributed by atoms with van der Waals surface area (Å²) in [4.78, 5) is 12.3. The molecule has 5 rings (SSSR count). The van der Waals surface area contributed by atoms with Crippen LogP contribution in [0.3, 0.4) is 0 Å². The predicted molar refractivity (Wildman–Crippen MR) is 177 cm³/mol. The van der Waals surface area contributed by atoms with Crippen LogP contribution in [0, 0.1) is 0 Å². The van der Waals surface area contributed by atoms with Crippen molar-refractivity contribution in [1.82, 2.24) is 5.32 Å². The monoisotopic (exact) mass is 853 g/mol. The molecular formula is C32H55NO25. The molecule has 1 amide bonds. The number of hydrogen-bond acceptors (Lipinski definition) is 25. The summed E-state index contributed by atoms with van der Waals surface area (Å²) in [7, 11) is 0. The third kappa shape index (κ3) is 9.75. The van der Waals surface area contributed by atoms with Gasteiger partial charge < -0.3 is 125 Å². The largest absolute Gasteiger partial charge is 0.394 e. The van der Waals surface area contributed by atoms with Gasteiger partial charge in [0.2, 0.25) is 5.91 Å². The SMILES string of the molecule is CC(=O)NC1C(OC2C(O)C(CO)OC(OC3C(CO)OC(O)C(O)C3OC3OC(C)C(O)C(O)C3O)C2O)OC(CO)C(OC2OC(CO)C(O)C(O)C2O)C1O. The lowest BCUT2D eigenvalue weighted by molar-refractivity contribution is -0.392. The molecular weight excluding hydrogens is 798 g/mol. The molecule has 338 valence electrons. The minimum absolute atomic E-state index is 0.791. The zero-order valence-electron chi connectivity index (χ0n) is 31.1. The fraction of sp³-hybridized carbons (Fsp3) is 0.969. The highest BCUT2D eigenvalue weighted by Crippen LogP contribution is 2.36. The topological polar surface area (TPSA) is 416 Å². The fourth-order valence-electron chi connectivity index (χ4n) is 7.37. The van der Waals surface area contributed by atoms with E-state index in [2.05, 4.69) is 5.32 Å². The molecule has 5 fully saturated rings. The van der Waals surface area contributed by atoms with Gasteiger partial charge in [-0.05, 0) is 6.92 Å². The van der Waals surface area contributed by atoms with Crippen LogP contribution in [0.1, 0.15) is 13.8 Å². The first-order valence-electron chi connectivity index (χ1n) is 18.5. The van der Waals surface area contributed by atoms with Crippen molar-refractivity contribution >= 4 is 5.91 Å². The van der Waals surface area contributed by atoms with E-state index in [0.29, 0.717) is 0 Å². The van der Waals surface area contributed by atoms with Crippen LogP contribution in [0.25, 0.3) is 0 Å². The summed E-state index contributed by atoms with van der Waals surface area (Å²) < 4.78 is 50.6. The summed E-state index contributed by atoms with van der Waals surface area (Å²) in [5.74, 6) is -0.791. The molecule has 0 bridgehead atoms. The van der Waals surface area contributed by atoms with Gasteiger partial charge in [-0.25, -0.2) is 0 Å². The Kier molecular flexibility index (Phi) is 16.5. The Labute approximate surface area is 329 Å². The van der Waals surface area contributed by atoms with Crippen molar-refractivity contribution in [2.75, 3.05) is 26.4 Å². The maximum atomic E-state index is 12.3. The number of rotatable bonds is 13. The molecule has 5 heterocycles. The predicted octanol–water partition coefficient (Wildman–Crippen LogP) is -10.8. The molecule has 0 aromatic heterocycles. The van der Waals surface area contributed by atoms with Crippen LogP contribution in [-0.2, 0) is 47.4 Å². The Morgan fingerprint density at radius 2 is 0.897 bits per heavy atom. The molecule has 0 aromatic rings. The molecule has 0 aromatic carbocycles. The second-order valence-electron chi connectivity index (χ2n) is 14.7. The number of carbonyl (C=O) groups is 1. The number of hydrogen-bond donors (Lipinski definition) is 16. The van der Waals surface area contributed by atoms with Crippen molar-refractivity contribution in [3.05, 3.63) is 0 Å². The first kappa shape index (κ1) is 47.6. The van der Waals surface area contributed by atoms with E-state index in [1.807, 2.05) is 0 Å². The van der Waals surface area contributed by atoms with Gasteiger partial charge in [-0.3, -0.25) is 4.79 Å². The summed E-state index contributed by atoms with van der Waals surface area (Å²) in [5, 5.41) is 160. The van der Waals surface area contributed by atoms with E-state index in [1.54, 1.807) is 0 Å². The lowest BCUT2D eigenvalue weighted by Crippen LogP contribution is -2.70. The van der Waals surface area contributed by atoms with E-state index in [4.69, 9.17) is 42.6 Å². The quantitative estimate of drug-likeness (QED) is 0.0818. The van der Waals surface area contributed by atoms with Gasteiger partial charge in [0.15, 0.2) is 31.5 Å². The van der Waals surface area contributed by atoms with E-state index >= 15 is 0 Å². The average Bonchev–Trinajstić information content (AvgIpc) is 3.19. The Morgan fingerprint density at radius 1 is 0.448 bits per heavy atom. The Hall–Kier alpha value is -1.49. The summed E-state index contributed by atoms with van der Waals surface area (Å²) in [6, 6.07) is -1.68. The number of aliphatic hydroxyl groups excluding tert-OH is 15. The highest BCUT2D eigenvalue weighted by Gasteiger charge is 2.57. The molecule has 25 atom stereocenters. The van der Waals surface area contributed by atoms with Gasteiger partial charge in [0, 0.05) is 6.92 Å². The van der Waals surface area contributed by atoms with Crippen LogP contribution < -0.4 is 5.32 Å². The van der Waals surface area contributed by atoms with Gasteiger partial charge in [0.1, 0.15) is 116 Å². The smallest absolute Gasteiger partial charge is 0.217 e. The first-order valence-corrected chi connectivity index (χ1v) is 18.5. The summed E-state index contributed by atoms with van der Waals surface area (Å²) in [6.07, 6.45) is -43.0. The summed E-state index contributed by atoms with van der Waals surface area (Å²) in [5.41, 5.74) is 0. The van der Waals surface area contributed by atoms with Crippen LogP contribution in [-0.4, -0.2) is 262 Å². The molecule has 0 aliphatic carbocycles. The van der Waals surface area contributed by atoms with E-state index in [-0.39, 0.29) is 0 Å². The Bertz CT molecular complexity index is 1310. The fourth-order valence-corrected chi connectivity index (χ4v) is 7.37. The number of aliphatic hydroxyl groups is 15. The van der Waals surface area contributed by atoms with Crippen LogP contribution in [0.5, 0.6) is 0 Å². The second-order valence-corrected chi connectivity index (χ2v) is 14.7. The molecule has 58 heavy (non-hydrogen) atoms. The van der Waals surface area contributed by atoms with Gasteiger partial charge in [0.05, 0.1) is 32.5 Å². The second kappa shape index (κ2) is 20.1. The highest BCUT2D eigenvalue weighted by molar-refractivity contribution is 5.73. The molecule has 16 N–H and O–H groups in total. The van der Waals surface area contributed by atoms with Crippen LogP contribution in [0.4, 0.5) is 0 Å². The molecule has 5 saturated heterocycles.